The van der Waals surface area contributed by atoms with Crippen molar-refractivity contribution in [2.75, 3.05) is 0 Å². The van der Waals surface area contributed by atoms with Crippen molar-refractivity contribution in [3.05, 3.63) is 29.8 Å². The zero-order valence-corrected chi connectivity index (χ0v) is 6.14. The SMILES string of the molecule is C1=PNOc2ccccc21. The van der Waals surface area contributed by atoms with Gasteiger partial charge >= 0.3 is 0 Å². The van der Waals surface area contributed by atoms with Crippen LogP contribution in [0.15, 0.2) is 24.3 Å². The van der Waals surface area contributed by atoms with Crippen LogP contribution in [0.3, 0.4) is 0 Å². The molecule has 0 aliphatic carbocycles. The van der Waals surface area contributed by atoms with E-state index in [1.165, 1.54) is 0 Å². The molecule has 1 aliphatic heterocycles. The summed E-state index contributed by atoms with van der Waals surface area (Å²) in [6.07, 6.45) is 0. The normalized spacial score (nSPS) is 15.6. The summed E-state index contributed by atoms with van der Waals surface area (Å²) in [6.45, 7) is 0. The van der Waals surface area contributed by atoms with Crippen LogP contribution in [0.25, 0.3) is 0 Å². The van der Waals surface area contributed by atoms with Crippen molar-refractivity contribution in [3.63, 3.8) is 0 Å². The van der Waals surface area contributed by atoms with E-state index < -0.39 is 0 Å². The Morgan fingerprint density at radius 1 is 1.30 bits per heavy atom. The molecule has 1 N–H and O–H groups in total. The minimum Gasteiger partial charge on any atom is -0.400 e. The molecule has 0 amide bonds. The maximum Gasteiger partial charge on any atom is 0.155 e. The summed E-state index contributed by atoms with van der Waals surface area (Å²) in [5.74, 6) is 2.97. The van der Waals surface area contributed by atoms with Crippen LogP contribution in [0, 0.1) is 0 Å². The average Bonchev–Trinajstić information content (AvgIpc) is 2.05. The Morgan fingerprint density at radius 2 is 2.20 bits per heavy atom. The molecule has 0 unspecified atom stereocenters. The highest BCUT2D eigenvalue weighted by Crippen LogP contribution is 2.19. The second-order valence-corrected chi connectivity index (χ2v) is 2.69. The largest absolute Gasteiger partial charge is 0.400 e. The summed E-state index contributed by atoms with van der Waals surface area (Å²) in [5, 5.41) is 2.76. The lowest BCUT2D eigenvalue weighted by atomic mass is 10.2. The quantitative estimate of drug-likeness (QED) is 0.568. The standard InChI is InChI=1S/C7H6NOP/c1-2-4-7-6(3-1)5-10-8-9-7/h1-5,8H. The first-order valence-corrected chi connectivity index (χ1v) is 3.97. The van der Waals surface area contributed by atoms with Gasteiger partial charge in [-0.1, -0.05) is 18.2 Å². The van der Waals surface area contributed by atoms with Gasteiger partial charge in [0.2, 0.25) is 0 Å². The summed E-state index contributed by atoms with van der Waals surface area (Å²) in [4.78, 5) is 5.13. The molecule has 3 heteroatoms. The fraction of sp³-hybridized carbons (Fsp3) is 0. The Labute approximate surface area is 60.6 Å². The fourth-order valence-electron chi connectivity index (χ4n) is 0.852. The molecular weight excluding hydrogens is 145 g/mol. The Hall–Kier alpha value is -0.850. The molecule has 0 bridgehead atoms. The number of hydrogen-bond acceptors (Lipinski definition) is 2. The number of hydrogen-bond donors (Lipinski definition) is 1. The molecule has 0 spiro atoms. The minimum absolute atomic E-state index is 0.904. The van der Waals surface area contributed by atoms with Gasteiger partial charge in [0.25, 0.3) is 0 Å². The van der Waals surface area contributed by atoms with E-state index in [1.807, 2.05) is 24.3 Å². The zero-order chi connectivity index (χ0) is 6.81. The van der Waals surface area contributed by atoms with Gasteiger partial charge in [-0.05, 0) is 11.9 Å². The molecule has 0 aromatic heterocycles. The Bertz CT molecular complexity index is 272. The van der Waals surface area contributed by atoms with Crippen LogP contribution >= 0.6 is 8.35 Å². The van der Waals surface area contributed by atoms with Crippen LogP contribution in [-0.4, -0.2) is 5.80 Å². The second-order valence-electron chi connectivity index (χ2n) is 1.99. The maximum atomic E-state index is 5.13. The van der Waals surface area contributed by atoms with Gasteiger partial charge < -0.3 is 4.84 Å². The molecule has 0 fully saturated rings. The number of benzene rings is 1. The Balaban J connectivity index is 2.54. The second kappa shape index (κ2) is 2.41. The first-order chi connectivity index (χ1) is 4.97. The van der Waals surface area contributed by atoms with Crippen LogP contribution in [0.1, 0.15) is 5.56 Å². The Morgan fingerprint density at radius 3 is 3.10 bits per heavy atom. The van der Waals surface area contributed by atoms with Gasteiger partial charge in [-0.2, -0.15) is 0 Å². The van der Waals surface area contributed by atoms with Gasteiger partial charge in [-0.25, -0.2) is 0 Å². The van der Waals surface area contributed by atoms with Gasteiger partial charge in [0.05, 0.1) is 0 Å². The summed E-state index contributed by atoms with van der Waals surface area (Å²) >= 11 is 0. The lowest BCUT2D eigenvalue weighted by Crippen LogP contribution is -2.10. The van der Waals surface area contributed by atoms with Crippen LogP contribution in [0.5, 0.6) is 5.75 Å². The van der Waals surface area contributed by atoms with E-state index in [1.54, 1.807) is 0 Å². The molecule has 0 saturated heterocycles. The lowest BCUT2D eigenvalue weighted by molar-refractivity contribution is 0.282. The summed E-state index contributed by atoms with van der Waals surface area (Å²) in [7, 11) is 1.01. The molecule has 1 heterocycles. The van der Waals surface area contributed by atoms with Crippen LogP contribution in [0.4, 0.5) is 0 Å². The zero-order valence-electron chi connectivity index (χ0n) is 5.24. The predicted octanol–water partition coefficient (Wildman–Crippen LogP) is 1.60. The average molecular weight is 151 g/mol. The van der Waals surface area contributed by atoms with Crippen molar-refractivity contribution in [1.82, 2.24) is 5.25 Å². The molecule has 2 nitrogen and oxygen atoms in total. The van der Waals surface area contributed by atoms with Gasteiger partial charge in [0.15, 0.2) is 5.75 Å². The highest BCUT2D eigenvalue weighted by Gasteiger charge is 2.01. The van der Waals surface area contributed by atoms with E-state index in [0.29, 0.717) is 0 Å². The third kappa shape index (κ3) is 0.919. The number of nitrogens with one attached hydrogen (secondary N) is 1. The third-order valence-electron chi connectivity index (χ3n) is 1.33. The molecule has 1 aromatic carbocycles. The molecule has 0 saturated carbocycles. The molecule has 0 radical (unpaired) electrons. The summed E-state index contributed by atoms with van der Waals surface area (Å²) in [6, 6.07) is 7.92. The van der Waals surface area contributed by atoms with Gasteiger partial charge in [0, 0.05) is 13.9 Å². The summed E-state index contributed by atoms with van der Waals surface area (Å²) in [5.41, 5.74) is 1.16. The van der Waals surface area contributed by atoms with Crippen LogP contribution < -0.4 is 10.1 Å². The van der Waals surface area contributed by atoms with Crippen molar-refractivity contribution in [2.45, 2.75) is 0 Å². The molecule has 50 valence electrons. The van der Waals surface area contributed by atoms with Crippen LogP contribution in [0.2, 0.25) is 0 Å². The fourth-order valence-corrected chi connectivity index (χ4v) is 1.41. The van der Waals surface area contributed by atoms with E-state index in [0.717, 1.165) is 19.7 Å². The summed E-state index contributed by atoms with van der Waals surface area (Å²) < 4.78 is 0. The molecule has 10 heavy (non-hydrogen) atoms. The first kappa shape index (κ1) is 5.90. The Kier molecular flexibility index (Phi) is 1.42. The molecule has 1 aromatic rings. The smallest absolute Gasteiger partial charge is 0.155 e. The van der Waals surface area contributed by atoms with Gasteiger partial charge in [-0.3, -0.25) is 0 Å². The molecule has 0 atom stereocenters. The van der Waals surface area contributed by atoms with E-state index in [4.69, 9.17) is 4.84 Å². The molecule has 1 aliphatic rings. The first-order valence-electron chi connectivity index (χ1n) is 3.01. The van der Waals surface area contributed by atoms with Crippen molar-refractivity contribution in [3.8, 4) is 5.75 Å². The predicted molar refractivity (Wildman–Crippen MR) is 42.3 cm³/mol. The third-order valence-corrected chi connectivity index (χ3v) is 1.93. The van der Waals surface area contributed by atoms with Crippen molar-refractivity contribution < 1.29 is 4.84 Å². The number of rotatable bonds is 0. The monoisotopic (exact) mass is 151 g/mol. The molecular formula is C7H6NOP. The lowest BCUT2D eigenvalue weighted by Gasteiger charge is -2.09. The van der Waals surface area contributed by atoms with E-state index >= 15 is 0 Å². The van der Waals surface area contributed by atoms with Crippen molar-refractivity contribution >= 4 is 14.2 Å². The minimum atomic E-state index is 0.904. The van der Waals surface area contributed by atoms with E-state index in [2.05, 4.69) is 11.0 Å². The number of fused-ring (bicyclic) bond motifs is 1. The van der Waals surface area contributed by atoms with Gasteiger partial charge in [-0.15, -0.1) is 5.25 Å². The van der Waals surface area contributed by atoms with Gasteiger partial charge in [0.1, 0.15) is 0 Å². The van der Waals surface area contributed by atoms with Crippen molar-refractivity contribution in [2.24, 2.45) is 0 Å². The van der Waals surface area contributed by atoms with Crippen molar-refractivity contribution in [1.29, 1.82) is 0 Å². The van der Waals surface area contributed by atoms with E-state index in [-0.39, 0.29) is 0 Å². The molecule has 2 rings (SSSR count). The maximum absolute atomic E-state index is 5.13. The van der Waals surface area contributed by atoms with Crippen LogP contribution in [-0.2, 0) is 0 Å². The topological polar surface area (TPSA) is 21.3 Å². The highest BCUT2D eigenvalue weighted by atomic mass is 31.1. The number of para-hydroxylation sites is 1. The highest BCUT2D eigenvalue weighted by molar-refractivity contribution is 7.36. The van der Waals surface area contributed by atoms with E-state index in [9.17, 15) is 0 Å².